The maximum absolute atomic E-state index is 12.5. The van der Waals surface area contributed by atoms with E-state index < -0.39 is 0 Å². The fraction of sp³-hybridized carbons (Fsp3) is 0.333. The van der Waals surface area contributed by atoms with Gasteiger partial charge in [-0.3, -0.25) is 9.59 Å². The highest BCUT2D eigenvalue weighted by molar-refractivity contribution is 6.30. The number of aryl methyl sites for hydroxylation is 1. The first-order valence-electron chi connectivity index (χ1n) is 9.00. The molecule has 1 saturated heterocycles. The molecule has 1 heterocycles. The van der Waals surface area contributed by atoms with Crippen molar-refractivity contribution in [3.8, 4) is 0 Å². The van der Waals surface area contributed by atoms with Crippen LogP contribution in [0.3, 0.4) is 0 Å². The molecular weight excluding hydrogens is 348 g/mol. The smallest absolute Gasteiger partial charge is 0.253 e. The van der Waals surface area contributed by atoms with E-state index in [0.717, 1.165) is 19.3 Å². The Balaban J connectivity index is 1.43. The molecule has 26 heavy (non-hydrogen) atoms. The fourth-order valence-electron chi connectivity index (χ4n) is 3.23. The van der Waals surface area contributed by atoms with E-state index >= 15 is 0 Å². The zero-order valence-corrected chi connectivity index (χ0v) is 15.4. The van der Waals surface area contributed by atoms with Crippen molar-refractivity contribution in [3.63, 3.8) is 0 Å². The molecule has 1 N–H and O–H groups in total. The first-order chi connectivity index (χ1) is 12.6. The standard InChI is InChI=1S/C21H23ClN2O2/c22-18-8-4-7-17(15-18)21(26)24-13-11-19(12-14-24)23-20(25)10-9-16-5-2-1-3-6-16/h1-8,15,19H,9-14H2,(H,23,25). The highest BCUT2D eigenvalue weighted by atomic mass is 35.5. The minimum atomic E-state index is 0.00125. The van der Waals surface area contributed by atoms with Gasteiger partial charge in [-0.25, -0.2) is 0 Å². The molecule has 2 amide bonds. The second-order valence-electron chi connectivity index (χ2n) is 6.63. The van der Waals surface area contributed by atoms with E-state index in [1.54, 1.807) is 24.3 Å². The highest BCUT2D eigenvalue weighted by Gasteiger charge is 2.24. The summed E-state index contributed by atoms with van der Waals surface area (Å²) in [6.07, 6.45) is 2.80. The summed E-state index contributed by atoms with van der Waals surface area (Å²) in [5.41, 5.74) is 1.78. The Bertz CT molecular complexity index is 756. The highest BCUT2D eigenvalue weighted by Crippen LogP contribution is 2.17. The molecule has 0 aromatic heterocycles. The van der Waals surface area contributed by atoms with Crippen LogP contribution in [0.15, 0.2) is 54.6 Å². The van der Waals surface area contributed by atoms with Gasteiger partial charge in [0.25, 0.3) is 5.91 Å². The molecule has 4 nitrogen and oxygen atoms in total. The van der Waals surface area contributed by atoms with Gasteiger partial charge in [0, 0.05) is 36.1 Å². The normalized spacial score (nSPS) is 14.9. The molecule has 0 saturated carbocycles. The molecule has 1 fully saturated rings. The Kier molecular flexibility index (Phi) is 6.29. The van der Waals surface area contributed by atoms with Crippen molar-refractivity contribution < 1.29 is 9.59 Å². The molecule has 1 aliphatic heterocycles. The number of carbonyl (C=O) groups excluding carboxylic acids is 2. The molecule has 0 radical (unpaired) electrons. The number of halogens is 1. The fourth-order valence-corrected chi connectivity index (χ4v) is 3.42. The quantitative estimate of drug-likeness (QED) is 0.872. The van der Waals surface area contributed by atoms with Crippen molar-refractivity contribution in [2.75, 3.05) is 13.1 Å². The van der Waals surface area contributed by atoms with Crippen LogP contribution in [0, 0.1) is 0 Å². The van der Waals surface area contributed by atoms with Crippen molar-refractivity contribution in [2.45, 2.75) is 31.7 Å². The Morgan fingerprint density at radius 1 is 1.04 bits per heavy atom. The predicted molar refractivity (Wildman–Crippen MR) is 103 cm³/mol. The van der Waals surface area contributed by atoms with E-state index in [4.69, 9.17) is 11.6 Å². The molecule has 2 aromatic carbocycles. The molecule has 0 unspecified atom stereocenters. The summed E-state index contributed by atoms with van der Waals surface area (Å²) < 4.78 is 0. The Labute approximate surface area is 159 Å². The summed E-state index contributed by atoms with van der Waals surface area (Å²) in [5, 5.41) is 3.67. The zero-order chi connectivity index (χ0) is 18.4. The minimum absolute atomic E-state index is 0.00125. The van der Waals surface area contributed by atoms with Crippen LogP contribution in [0.1, 0.15) is 35.2 Å². The van der Waals surface area contributed by atoms with Crippen molar-refractivity contribution >= 4 is 23.4 Å². The van der Waals surface area contributed by atoms with Gasteiger partial charge in [-0.1, -0.05) is 48.0 Å². The largest absolute Gasteiger partial charge is 0.353 e. The minimum Gasteiger partial charge on any atom is -0.353 e. The summed E-state index contributed by atoms with van der Waals surface area (Å²) in [6.45, 7) is 1.30. The van der Waals surface area contributed by atoms with Crippen LogP contribution in [0.5, 0.6) is 0 Å². The summed E-state index contributed by atoms with van der Waals surface area (Å²) in [7, 11) is 0. The Hall–Kier alpha value is -2.33. The summed E-state index contributed by atoms with van der Waals surface area (Å²) in [4.78, 5) is 26.5. The molecule has 0 spiro atoms. The van der Waals surface area contributed by atoms with Gasteiger partial charge in [0.15, 0.2) is 0 Å². The maximum Gasteiger partial charge on any atom is 0.253 e. The lowest BCUT2D eigenvalue weighted by molar-refractivity contribution is -0.122. The number of likely N-dealkylation sites (tertiary alicyclic amines) is 1. The van der Waals surface area contributed by atoms with Crippen LogP contribution in [0.2, 0.25) is 5.02 Å². The van der Waals surface area contributed by atoms with E-state index in [9.17, 15) is 9.59 Å². The number of carbonyl (C=O) groups is 2. The van der Waals surface area contributed by atoms with E-state index in [1.807, 2.05) is 35.2 Å². The van der Waals surface area contributed by atoms with Gasteiger partial charge in [-0.2, -0.15) is 0 Å². The molecule has 2 aromatic rings. The number of hydrogen-bond donors (Lipinski definition) is 1. The second kappa shape index (κ2) is 8.86. The Morgan fingerprint density at radius 2 is 1.77 bits per heavy atom. The average Bonchev–Trinajstić information content (AvgIpc) is 2.67. The summed E-state index contributed by atoms with van der Waals surface area (Å²) >= 11 is 5.96. The van der Waals surface area contributed by atoms with Gasteiger partial charge < -0.3 is 10.2 Å². The van der Waals surface area contributed by atoms with E-state index in [1.165, 1.54) is 5.56 Å². The van der Waals surface area contributed by atoms with E-state index in [0.29, 0.717) is 30.1 Å². The van der Waals surface area contributed by atoms with Gasteiger partial charge in [0.1, 0.15) is 0 Å². The molecule has 5 heteroatoms. The third kappa shape index (κ3) is 5.09. The molecular formula is C21H23ClN2O2. The lowest BCUT2D eigenvalue weighted by Crippen LogP contribution is -2.46. The van der Waals surface area contributed by atoms with Crippen LogP contribution in [-0.2, 0) is 11.2 Å². The van der Waals surface area contributed by atoms with Crippen LogP contribution in [0.25, 0.3) is 0 Å². The van der Waals surface area contributed by atoms with Crippen molar-refractivity contribution in [2.24, 2.45) is 0 Å². The predicted octanol–water partition coefficient (Wildman–Crippen LogP) is 3.69. The van der Waals surface area contributed by atoms with E-state index in [-0.39, 0.29) is 17.9 Å². The van der Waals surface area contributed by atoms with Crippen molar-refractivity contribution in [1.29, 1.82) is 0 Å². The van der Waals surface area contributed by atoms with Crippen LogP contribution in [-0.4, -0.2) is 35.8 Å². The summed E-state index contributed by atoms with van der Waals surface area (Å²) in [5.74, 6) is 0.0785. The number of rotatable bonds is 5. The number of nitrogens with zero attached hydrogens (tertiary/aromatic N) is 1. The van der Waals surface area contributed by atoms with Crippen LogP contribution in [0.4, 0.5) is 0 Å². The topological polar surface area (TPSA) is 49.4 Å². The van der Waals surface area contributed by atoms with Crippen LogP contribution >= 0.6 is 11.6 Å². The van der Waals surface area contributed by atoms with E-state index in [2.05, 4.69) is 5.32 Å². The molecule has 0 bridgehead atoms. The van der Waals surface area contributed by atoms with Crippen molar-refractivity contribution in [3.05, 3.63) is 70.7 Å². The molecule has 1 aliphatic rings. The van der Waals surface area contributed by atoms with Gasteiger partial charge in [0.05, 0.1) is 0 Å². The first kappa shape index (κ1) is 18.5. The zero-order valence-electron chi connectivity index (χ0n) is 14.7. The monoisotopic (exact) mass is 370 g/mol. The second-order valence-corrected chi connectivity index (χ2v) is 7.07. The van der Waals surface area contributed by atoms with Gasteiger partial charge in [-0.05, 0) is 43.0 Å². The van der Waals surface area contributed by atoms with Gasteiger partial charge in [0.2, 0.25) is 5.91 Å². The number of benzene rings is 2. The lowest BCUT2D eigenvalue weighted by atomic mass is 10.0. The first-order valence-corrected chi connectivity index (χ1v) is 9.38. The number of hydrogen-bond acceptors (Lipinski definition) is 2. The van der Waals surface area contributed by atoms with Crippen molar-refractivity contribution in [1.82, 2.24) is 10.2 Å². The number of piperidine rings is 1. The molecule has 3 rings (SSSR count). The third-order valence-corrected chi connectivity index (χ3v) is 4.94. The summed E-state index contributed by atoms with van der Waals surface area (Å²) in [6, 6.07) is 17.2. The number of nitrogens with one attached hydrogen (secondary N) is 1. The molecule has 0 atom stereocenters. The van der Waals surface area contributed by atoms with Crippen LogP contribution < -0.4 is 5.32 Å². The lowest BCUT2D eigenvalue weighted by Gasteiger charge is -2.32. The van der Waals surface area contributed by atoms with Gasteiger partial charge in [-0.15, -0.1) is 0 Å². The average molecular weight is 371 g/mol. The molecule has 0 aliphatic carbocycles. The maximum atomic E-state index is 12.5. The third-order valence-electron chi connectivity index (χ3n) is 4.70. The SMILES string of the molecule is O=C(CCc1ccccc1)NC1CCN(C(=O)c2cccc(Cl)c2)CC1. The molecule has 136 valence electrons. The van der Waals surface area contributed by atoms with Gasteiger partial charge >= 0.3 is 0 Å². The number of amides is 2. The Morgan fingerprint density at radius 3 is 2.46 bits per heavy atom.